The first-order valence-corrected chi connectivity index (χ1v) is 13.7. The fourth-order valence-corrected chi connectivity index (χ4v) is 5.68. The lowest BCUT2D eigenvalue weighted by atomic mass is 9.80. The van der Waals surface area contributed by atoms with Gasteiger partial charge in [0.15, 0.2) is 12.6 Å². The van der Waals surface area contributed by atoms with Gasteiger partial charge in [-0.1, -0.05) is 13.8 Å². The normalized spacial score (nSPS) is 45.6. The van der Waals surface area contributed by atoms with E-state index in [1.165, 1.54) is 0 Å². The van der Waals surface area contributed by atoms with Gasteiger partial charge in [0.25, 0.3) is 0 Å². The van der Waals surface area contributed by atoms with E-state index in [0.717, 1.165) is 19.3 Å². The van der Waals surface area contributed by atoms with Gasteiger partial charge in [-0.05, 0) is 58.5 Å². The van der Waals surface area contributed by atoms with E-state index >= 15 is 0 Å². The predicted molar refractivity (Wildman–Crippen MR) is 140 cm³/mol. The first-order valence-electron chi connectivity index (χ1n) is 13.7. The zero-order valence-electron chi connectivity index (χ0n) is 23.0. The summed E-state index contributed by atoms with van der Waals surface area (Å²) in [5, 5.41) is 46.3. The van der Waals surface area contributed by atoms with Gasteiger partial charge in [0.1, 0.15) is 35.9 Å². The highest BCUT2D eigenvalue weighted by molar-refractivity contribution is 5.84. The van der Waals surface area contributed by atoms with Gasteiger partial charge >= 0.3 is 0 Å². The molecule has 1 saturated carbocycles. The van der Waals surface area contributed by atoms with Crippen LogP contribution in [0.25, 0.3) is 0 Å². The zero-order valence-corrected chi connectivity index (χ0v) is 23.0. The number of nitrogens with one attached hydrogen (secondary N) is 1. The van der Waals surface area contributed by atoms with Crippen LogP contribution in [-0.2, 0) is 18.9 Å². The van der Waals surface area contributed by atoms with Crippen LogP contribution < -0.4 is 22.5 Å². The molecule has 0 bridgehead atoms. The molecule has 2 aliphatic heterocycles. The van der Waals surface area contributed by atoms with Gasteiger partial charge in [0.2, 0.25) is 0 Å². The number of aliphatic hydroxyl groups is 4. The topological polar surface area (TPSA) is 220 Å². The molecule has 2 saturated heterocycles. The lowest BCUT2D eigenvalue weighted by molar-refractivity contribution is -0.309. The van der Waals surface area contributed by atoms with Crippen LogP contribution in [-0.4, -0.2) is 119 Å². The molecule has 13 heteroatoms. The summed E-state index contributed by atoms with van der Waals surface area (Å²) < 4.78 is 24.2. The van der Waals surface area contributed by atoms with Crippen molar-refractivity contribution < 1.29 is 39.4 Å². The number of aliphatic imine (C=N–C) groups is 1. The number of amidine groups is 1. The van der Waals surface area contributed by atoms with E-state index < -0.39 is 60.8 Å². The van der Waals surface area contributed by atoms with E-state index in [1.807, 2.05) is 13.8 Å². The quantitative estimate of drug-likeness (QED) is 0.109. The van der Waals surface area contributed by atoms with Crippen molar-refractivity contribution in [3.8, 4) is 0 Å². The van der Waals surface area contributed by atoms with Gasteiger partial charge < -0.3 is 61.9 Å². The number of hydrogen-bond donors (Lipinski definition) is 8. The maximum Gasteiger partial charge on any atom is 0.185 e. The van der Waals surface area contributed by atoms with Crippen LogP contribution >= 0.6 is 0 Å². The van der Waals surface area contributed by atoms with Gasteiger partial charge in [-0.15, -0.1) is 0 Å². The highest BCUT2D eigenvalue weighted by Crippen LogP contribution is 2.36. The Hall–Kier alpha value is -0.970. The van der Waals surface area contributed by atoms with Crippen molar-refractivity contribution in [1.29, 1.82) is 0 Å². The molecule has 3 rings (SSSR count). The molecule has 11 N–H and O–H groups in total. The van der Waals surface area contributed by atoms with Gasteiger partial charge in [0, 0.05) is 0 Å². The minimum absolute atomic E-state index is 0.0163. The Morgan fingerprint density at radius 3 is 2.50 bits per heavy atom. The zero-order chi connectivity index (χ0) is 28.2. The fourth-order valence-electron chi connectivity index (χ4n) is 5.68. The van der Waals surface area contributed by atoms with Gasteiger partial charge in [-0.3, -0.25) is 4.99 Å². The van der Waals surface area contributed by atoms with Crippen molar-refractivity contribution in [3.63, 3.8) is 0 Å². The summed E-state index contributed by atoms with van der Waals surface area (Å²) >= 11 is 0. The highest BCUT2D eigenvalue weighted by Gasteiger charge is 2.51. The van der Waals surface area contributed by atoms with Crippen molar-refractivity contribution in [1.82, 2.24) is 5.32 Å². The van der Waals surface area contributed by atoms with E-state index in [9.17, 15) is 20.4 Å². The standard InChI is InChI=1S/C25H49N5O8/c1-5-13-6-7-14(27)23(36-13)37-19-12(2)10-15(30-22(28)16(31)8-9-26)20(17(19)32)38-24-18(33)21(29-4)25(3,34)11-35-24/h12-21,23-24,29,31-34H,5-11,26-27H2,1-4H3,(H2,28,30)/t12-,13+,14?,15+,16?,17?,18?,19?,20?,21+,23+,24+,25?/m0/s1. The Kier molecular flexibility index (Phi) is 11.3. The molecule has 7 unspecified atom stereocenters. The summed E-state index contributed by atoms with van der Waals surface area (Å²) in [6.45, 7) is 5.64. The number of ether oxygens (including phenoxy) is 4. The number of aliphatic hydroxyl groups excluding tert-OH is 3. The lowest BCUT2D eigenvalue weighted by Crippen LogP contribution is -2.67. The molecule has 1 aliphatic carbocycles. The summed E-state index contributed by atoms with van der Waals surface area (Å²) in [7, 11) is 1.62. The summed E-state index contributed by atoms with van der Waals surface area (Å²) in [5.74, 6) is -0.212. The highest BCUT2D eigenvalue weighted by atomic mass is 16.7. The second kappa shape index (κ2) is 13.6. The van der Waals surface area contributed by atoms with Crippen LogP contribution in [0, 0.1) is 5.92 Å². The minimum atomic E-state index is -1.34. The van der Waals surface area contributed by atoms with Crippen LogP contribution in [0.3, 0.4) is 0 Å². The van der Waals surface area contributed by atoms with Crippen molar-refractivity contribution in [2.45, 2.75) is 126 Å². The number of rotatable bonds is 10. The molecular formula is C25H49N5O8. The molecular weight excluding hydrogens is 498 g/mol. The van der Waals surface area contributed by atoms with Crippen LogP contribution in [0.1, 0.15) is 52.9 Å². The predicted octanol–water partition coefficient (Wildman–Crippen LogP) is -2.11. The molecule has 13 atom stereocenters. The van der Waals surface area contributed by atoms with Crippen LogP contribution in [0.15, 0.2) is 4.99 Å². The first kappa shape index (κ1) is 31.6. The third-order valence-electron chi connectivity index (χ3n) is 8.00. The van der Waals surface area contributed by atoms with Gasteiger partial charge in [0.05, 0.1) is 36.9 Å². The smallest absolute Gasteiger partial charge is 0.185 e. The Morgan fingerprint density at radius 1 is 1.18 bits per heavy atom. The Balaban J connectivity index is 1.85. The summed E-state index contributed by atoms with van der Waals surface area (Å²) in [6, 6.07) is -1.76. The lowest BCUT2D eigenvalue weighted by Gasteiger charge is -2.48. The fraction of sp³-hybridized carbons (Fsp3) is 0.960. The van der Waals surface area contributed by atoms with E-state index in [1.54, 1.807) is 14.0 Å². The molecule has 3 fully saturated rings. The monoisotopic (exact) mass is 547 g/mol. The summed E-state index contributed by atoms with van der Waals surface area (Å²) in [6.07, 6.45) is -4.00. The van der Waals surface area contributed by atoms with E-state index in [-0.39, 0.29) is 43.5 Å². The minimum Gasteiger partial charge on any atom is -0.388 e. The first-order chi connectivity index (χ1) is 17.9. The summed E-state index contributed by atoms with van der Waals surface area (Å²) in [5.41, 5.74) is 16.6. The molecule has 0 amide bonds. The maximum atomic E-state index is 11.6. The largest absolute Gasteiger partial charge is 0.388 e. The Bertz CT molecular complexity index is 776. The number of hydrogen-bond acceptors (Lipinski definition) is 12. The molecule has 0 radical (unpaired) electrons. The average molecular weight is 548 g/mol. The van der Waals surface area contributed by atoms with Crippen molar-refractivity contribution in [3.05, 3.63) is 0 Å². The average Bonchev–Trinajstić information content (AvgIpc) is 2.86. The molecule has 13 nitrogen and oxygen atoms in total. The van der Waals surface area contributed by atoms with Crippen molar-refractivity contribution >= 4 is 5.84 Å². The third-order valence-corrected chi connectivity index (χ3v) is 8.00. The SMILES string of the molecule is CC[C@@H]1CCC(N)[C@@H](OC2C(O)C(O[C@H]3OCC(C)(O)[C@H](NC)C3O)[C@H](N=C(N)C(O)CCN)C[C@@H]2C)O1. The Labute approximate surface area is 225 Å². The number of nitrogens with zero attached hydrogens (tertiary/aromatic N) is 1. The molecule has 0 spiro atoms. The molecule has 222 valence electrons. The van der Waals surface area contributed by atoms with Gasteiger partial charge in [-0.2, -0.15) is 0 Å². The molecule has 38 heavy (non-hydrogen) atoms. The van der Waals surface area contributed by atoms with Crippen LogP contribution in [0.2, 0.25) is 0 Å². The van der Waals surface area contributed by atoms with Crippen molar-refractivity contribution in [2.75, 3.05) is 20.2 Å². The second-order valence-corrected chi connectivity index (χ2v) is 11.2. The second-order valence-electron chi connectivity index (χ2n) is 11.2. The van der Waals surface area contributed by atoms with E-state index in [4.69, 9.17) is 36.1 Å². The number of nitrogens with two attached hydrogens (primary N) is 3. The maximum absolute atomic E-state index is 11.6. The molecule has 2 heterocycles. The van der Waals surface area contributed by atoms with E-state index in [0.29, 0.717) is 6.42 Å². The summed E-state index contributed by atoms with van der Waals surface area (Å²) in [4.78, 5) is 4.51. The number of likely N-dealkylation sites (N-methyl/N-ethyl adjacent to an activating group) is 1. The van der Waals surface area contributed by atoms with E-state index in [2.05, 4.69) is 10.3 Å². The third kappa shape index (κ3) is 7.21. The molecule has 0 aromatic rings. The molecule has 0 aromatic carbocycles. The van der Waals surface area contributed by atoms with Gasteiger partial charge in [-0.25, -0.2) is 0 Å². The Morgan fingerprint density at radius 2 is 1.87 bits per heavy atom. The molecule has 0 aromatic heterocycles. The van der Waals surface area contributed by atoms with Crippen molar-refractivity contribution in [2.24, 2.45) is 28.1 Å². The molecule has 3 aliphatic rings. The van der Waals surface area contributed by atoms with Crippen LogP contribution in [0.5, 0.6) is 0 Å². The van der Waals surface area contributed by atoms with Crippen LogP contribution in [0.4, 0.5) is 0 Å².